The highest BCUT2D eigenvalue weighted by atomic mass is 35.5. The van der Waals surface area contributed by atoms with Crippen molar-refractivity contribution >= 4 is 33.2 Å². The Bertz CT molecular complexity index is 590. The molecule has 0 spiro atoms. The lowest BCUT2D eigenvalue weighted by atomic mass is 10.3. The van der Waals surface area contributed by atoms with Crippen molar-refractivity contribution in [2.75, 3.05) is 6.61 Å². The number of primary sulfonamides is 1. The van der Waals surface area contributed by atoms with E-state index < -0.39 is 22.6 Å². The van der Waals surface area contributed by atoms with Gasteiger partial charge in [-0.3, -0.25) is 0 Å². The highest BCUT2D eigenvalue weighted by Crippen LogP contribution is 2.36. The summed E-state index contributed by atoms with van der Waals surface area (Å²) in [5.74, 6) is -0.00811. The standard InChI is InChI=1S/C10H10Cl2F3NO3S/c11-8-6(19-5-1-4-10(13,14)15)2-3-7(9(8)12)20(16,17)18/h2-3H,1,4-5H2,(H2,16,17,18). The summed E-state index contributed by atoms with van der Waals surface area (Å²) in [7, 11) is -4.04. The van der Waals surface area contributed by atoms with Gasteiger partial charge in [0.05, 0.1) is 11.6 Å². The van der Waals surface area contributed by atoms with Crippen LogP contribution in [0.2, 0.25) is 10.0 Å². The van der Waals surface area contributed by atoms with E-state index >= 15 is 0 Å². The van der Waals surface area contributed by atoms with Gasteiger partial charge >= 0.3 is 6.18 Å². The van der Waals surface area contributed by atoms with Crippen LogP contribution in [0.5, 0.6) is 5.75 Å². The number of benzene rings is 1. The van der Waals surface area contributed by atoms with Gasteiger partial charge in [0.1, 0.15) is 15.7 Å². The number of hydrogen-bond acceptors (Lipinski definition) is 3. The second kappa shape index (κ2) is 6.38. The molecular formula is C10H10Cl2F3NO3S. The summed E-state index contributed by atoms with van der Waals surface area (Å²) < 4.78 is 63.1. The van der Waals surface area contributed by atoms with Crippen LogP contribution in [0.3, 0.4) is 0 Å². The summed E-state index contributed by atoms with van der Waals surface area (Å²) in [4.78, 5) is -0.383. The van der Waals surface area contributed by atoms with Gasteiger partial charge in [0, 0.05) is 6.42 Å². The first-order valence-corrected chi connectivity index (χ1v) is 7.53. The molecule has 10 heteroatoms. The van der Waals surface area contributed by atoms with Crippen molar-refractivity contribution < 1.29 is 26.3 Å². The molecule has 114 valence electrons. The summed E-state index contributed by atoms with van der Waals surface area (Å²) >= 11 is 11.5. The number of nitrogens with two attached hydrogens (primary N) is 1. The maximum Gasteiger partial charge on any atom is 0.389 e. The molecule has 0 saturated carbocycles. The van der Waals surface area contributed by atoms with Gasteiger partial charge in [-0.15, -0.1) is 0 Å². The lowest BCUT2D eigenvalue weighted by Crippen LogP contribution is -2.13. The van der Waals surface area contributed by atoms with Gasteiger partial charge in [-0.2, -0.15) is 13.2 Å². The van der Waals surface area contributed by atoms with Crippen LogP contribution in [0.25, 0.3) is 0 Å². The van der Waals surface area contributed by atoms with Gasteiger partial charge in [-0.25, -0.2) is 13.6 Å². The molecule has 0 aliphatic carbocycles. The molecule has 0 aliphatic rings. The Morgan fingerprint density at radius 1 is 1.20 bits per heavy atom. The topological polar surface area (TPSA) is 69.4 Å². The monoisotopic (exact) mass is 351 g/mol. The summed E-state index contributed by atoms with van der Waals surface area (Å²) in [5, 5.41) is 4.36. The predicted octanol–water partition coefficient (Wildman–Crippen LogP) is 3.36. The second-order valence-corrected chi connectivity index (χ2v) is 6.09. The van der Waals surface area contributed by atoms with Gasteiger partial charge in [-0.1, -0.05) is 23.2 Å². The molecule has 0 bridgehead atoms. The lowest BCUT2D eigenvalue weighted by Gasteiger charge is -2.11. The highest BCUT2D eigenvalue weighted by Gasteiger charge is 2.26. The fourth-order valence-electron chi connectivity index (χ4n) is 1.30. The van der Waals surface area contributed by atoms with E-state index in [0.29, 0.717) is 0 Å². The first-order valence-electron chi connectivity index (χ1n) is 5.23. The minimum atomic E-state index is -4.26. The van der Waals surface area contributed by atoms with Crippen molar-refractivity contribution in [3.05, 3.63) is 22.2 Å². The van der Waals surface area contributed by atoms with E-state index in [0.717, 1.165) is 6.07 Å². The van der Waals surface area contributed by atoms with Gasteiger partial charge in [-0.05, 0) is 18.6 Å². The van der Waals surface area contributed by atoms with Gasteiger partial charge in [0.15, 0.2) is 0 Å². The van der Waals surface area contributed by atoms with Crippen molar-refractivity contribution in [1.29, 1.82) is 0 Å². The number of halogens is 5. The molecule has 0 heterocycles. The fraction of sp³-hybridized carbons (Fsp3) is 0.400. The lowest BCUT2D eigenvalue weighted by molar-refractivity contribution is -0.136. The van der Waals surface area contributed by atoms with E-state index in [2.05, 4.69) is 0 Å². The number of alkyl halides is 3. The fourth-order valence-corrected chi connectivity index (χ4v) is 2.66. The third-order valence-corrected chi connectivity index (χ3v) is 4.11. The molecule has 20 heavy (non-hydrogen) atoms. The Hall–Kier alpha value is -0.700. The average Bonchev–Trinajstić information content (AvgIpc) is 2.26. The molecule has 1 aromatic rings. The Labute approximate surface area is 123 Å². The van der Waals surface area contributed by atoms with Gasteiger partial charge in [0.2, 0.25) is 10.0 Å². The van der Waals surface area contributed by atoms with E-state index in [9.17, 15) is 21.6 Å². The number of rotatable bonds is 5. The van der Waals surface area contributed by atoms with Crippen molar-refractivity contribution in [2.24, 2.45) is 5.14 Å². The SMILES string of the molecule is NS(=O)(=O)c1ccc(OCCCC(F)(F)F)c(Cl)c1Cl. The van der Waals surface area contributed by atoms with Crippen LogP contribution in [0.4, 0.5) is 13.2 Å². The molecule has 0 aliphatic heterocycles. The molecule has 2 N–H and O–H groups in total. The molecule has 0 aromatic heterocycles. The Kier molecular flexibility index (Phi) is 5.54. The summed E-state index contributed by atoms with van der Waals surface area (Å²) in [5.41, 5.74) is 0. The molecule has 0 amide bonds. The smallest absolute Gasteiger partial charge is 0.389 e. The molecule has 0 radical (unpaired) electrons. The third kappa shape index (κ3) is 5.01. The van der Waals surface area contributed by atoms with Crippen LogP contribution >= 0.6 is 23.2 Å². The molecule has 1 rings (SSSR count). The Morgan fingerprint density at radius 3 is 2.30 bits per heavy atom. The van der Waals surface area contributed by atoms with E-state index in [-0.39, 0.29) is 33.7 Å². The number of ether oxygens (including phenoxy) is 1. The van der Waals surface area contributed by atoms with E-state index in [1.165, 1.54) is 6.07 Å². The zero-order valence-corrected chi connectivity index (χ0v) is 12.2. The van der Waals surface area contributed by atoms with Crippen molar-refractivity contribution in [1.82, 2.24) is 0 Å². The zero-order chi connectivity index (χ0) is 15.6. The van der Waals surface area contributed by atoms with Crippen LogP contribution in [0.1, 0.15) is 12.8 Å². The van der Waals surface area contributed by atoms with Crippen LogP contribution in [0.15, 0.2) is 17.0 Å². The molecule has 1 aromatic carbocycles. The quantitative estimate of drug-likeness (QED) is 0.826. The van der Waals surface area contributed by atoms with Crippen LogP contribution in [-0.4, -0.2) is 21.2 Å². The van der Waals surface area contributed by atoms with Gasteiger partial charge < -0.3 is 4.74 Å². The Balaban J connectivity index is 2.77. The maximum atomic E-state index is 11.9. The molecule has 0 atom stereocenters. The van der Waals surface area contributed by atoms with Crippen LogP contribution < -0.4 is 9.88 Å². The maximum absolute atomic E-state index is 11.9. The number of hydrogen-bond donors (Lipinski definition) is 1. The van der Waals surface area contributed by atoms with E-state index in [1.54, 1.807) is 0 Å². The van der Waals surface area contributed by atoms with Crippen molar-refractivity contribution in [2.45, 2.75) is 23.9 Å². The highest BCUT2D eigenvalue weighted by molar-refractivity contribution is 7.89. The van der Waals surface area contributed by atoms with E-state index in [1.807, 2.05) is 0 Å². The van der Waals surface area contributed by atoms with E-state index in [4.69, 9.17) is 33.1 Å². The summed E-state index contributed by atoms with van der Waals surface area (Å²) in [6.45, 7) is -0.232. The van der Waals surface area contributed by atoms with Crippen molar-refractivity contribution in [3.8, 4) is 5.75 Å². The van der Waals surface area contributed by atoms with Crippen LogP contribution in [-0.2, 0) is 10.0 Å². The minimum Gasteiger partial charge on any atom is -0.492 e. The molecule has 4 nitrogen and oxygen atoms in total. The molecule has 0 saturated heterocycles. The predicted molar refractivity (Wildman–Crippen MR) is 68.6 cm³/mol. The average molecular weight is 352 g/mol. The third-order valence-electron chi connectivity index (χ3n) is 2.18. The second-order valence-electron chi connectivity index (χ2n) is 3.80. The zero-order valence-electron chi connectivity index (χ0n) is 9.88. The number of sulfonamides is 1. The normalized spacial score (nSPS) is 12.5. The molecular weight excluding hydrogens is 342 g/mol. The summed E-state index contributed by atoms with van der Waals surface area (Å²) in [6.07, 6.45) is -5.51. The summed E-state index contributed by atoms with van der Waals surface area (Å²) in [6, 6.07) is 2.25. The Morgan fingerprint density at radius 2 is 1.80 bits per heavy atom. The molecule has 0 unspecified atom stereocenters. The minimum absolute atomic E-state index is 0.00811. The molecule has 0 fully saturated rings. The van der Waals surface area contributed by atoms with Gasteiger partial charge in [0.25, 0.3) is 0 Å². The van der Waals surface area contributed by atoms with Crippen molar-refractivity contribution in [3.63, 3.8) is 0 Å². The van der Waals surface area contributed by atoms with Crippen LogP contribution in [0, 0.1) is 0 Å². The largest absolute Gasteiger partial charge is 0.492 e. The first-order chi connectivity index (χ1) is 9.02. The first kappa shape index (κ1) is 17.4.